The van der Waals surface area contributed by atoms with E-state index in [1.54, 1.807) is 19.1 Å². The number of nitrogens with one attached hydrogen (secondary N) is 1. The maximum absolute atomic E-state index is 7.46. The second-order valence-corrected chi connectivity index (χ2v) is 3.15. The van der Waals surface area contributed by atoms with Crippen LogP contribution in [0.2, 0.25) is 5.02 Å². The zero-order valence-electron chi connectivity index (χ0n) is 7.34. The van der Waals surface area contributed by atoms with Crippen molar-refractivity contribution in [2.45, 2.75) is 6.92 Å². The Balaban J connectivity index is 3.07. The molecular weight excluding hydrogens is 184 g/mol. The highest BCUT2D eigenvalue weighted by molar-refractivity contribution is 6.30. The van der Waals surface area contributed by atoms with E-state index in [2.05, 4.69) is 0 Å². The van der Waals surface area contributed by atoms with Crippen LogP contribution in [0.15, 0.2) is 30.5 Å². The van der Waals surface area contributed by atoms with E-state index >= 15 is 0 Å². The minimum atomic E-state index is 0.449. The minimum Gasteiger partial charge on any atom is -0.404 e. The Morgan fingerprint density at radius 1 is 1.38 bits per heavy atom. The summed E-state index contributed by atoms with van der Waals surface area (Å²) in [5.41, 5.74) is 7.51. The van der Waals surface area contributed by atoms with Crippen molar-refractivity contribution in [1.29, 1.82) is 5.41 Å². The van der Waals surface area contributed by atoms with Crippen molar-refractivity contribution in [2.24, 2.45) is 5.73 Å². The Hall–Kier alpha value is -1.28. The number of rotatable bonds is 2. The Labute approximate surface area is 82.5 Å². The largest absolute Gasteiger partial charge is 0.404 e. The van der Waals surface area contributed by atoms with Gasteiger partial charge < -0.3 is 11.1 Å². The summed E-state index contributed by atoms with van der Waals surface area (Å²) < 4.78 is 0. The van der Waals surface area contributed by atoms with Gasteiger partial charge in [-0.05, 0) is 24.6 Å². The van der Waals surface area contributed by atoms with E-state index in [0.717, 1.165) is 11.1 Å². The van der Waals surface area contributed by atoms with Gasteiger partial charge in [-0.1, -0.05) is 23.7 Å². The second-order valence-electron chi connectivity index (χ2n) is 2.71. The first-order valence-electron chi connectivity index (χ1n) is 3.88. The quantitative estimate of drug-likeness (QED) is 0.699. The molecule has 0 atom stereocenters. The fraction of sp³-hybridized carbons (Fsp3) is 0.100. The molecule has 0 aromatic heterocycles. The molecule has 3 heteroatoms. The molecule has 0 saturated carbocycles. The lowest BCUT2D eigenvalue weighted by Crippen LogP contribution is -1.98. The smallest absolute Gasteiger partial charge is 0.0406 e. The minimum absolute atomic E-state index is 0.449. The van der Waals surface area contributed by atoms with Crippen LogP contribution in [0.3, 0.4) is 0 Å². The molecule has 3 N–H and O–H groups in total. The molecule has 0 aliphatic rings. The highest BCUT2D eigenvalue weighted by atomic mass is 35.5. The van der Waals surface area contributed by atoms with E-state index in [-0.39, 0.29) is 0 Å². The van der Waals surface area contributed by atoms with Crippen LogP contribution in [0.25, 0.3) is 5.57 Å². The van der Waals surface area contributed by atoms with Gasteiger partial charge in [0.15, 0.2) is 0 Å². The van der Waals surface area contributed by atoms with Crippen molar-refractivity contribution in [3.63, 3.8) is 0 Å². The predicted molar refractivity (Wildman–Crippen MR) is 57.0 cm³/mol. The summed E-state index contributed by atoms with van der Waals surface area (Å²) in [5.74, 6) is 0. The van der Waals surface area contributed by atoms with Gasteiger partial charge in [-0.15, -0.1) is 0 Å². The first-order chi connectivity index (χ1) is 6.15. The zero-order valence-corrected chi connectivity index (χ0v) is 8.10. The SMILES string of the molecule is CC(=N)/C(=C\N)c1ccc(Cl)cc1. The first-order valence-corrected chi connectivity index (χ1v) is 4.26. The van der Waals surface area contributed by atoms with E-state index < -0.39 is 0 Å². The van der Waals surface area contributed by atoms with Crippen LogP contribution in [-0.4, -0.2) is 5.71 Å². The normalized spacial score (nSPS) is 11.4. The third-order valence-electron chi connectivity index (χ3n) is 1.73. The van der Waals surface area contributed by atoms with Crippen LogP contribution >= 0.6 is 11.6 Å². The van der Waals surface area contributed by atoms with Gasteiger partial charge in [-0.2, -0.15) is 0 Å². The molecule has 13 heavy (non-hydrogen) atoms. The van der Waals surface area contributed by atoms with Gasteiger partial charge in [-0.25, -0.2) is 0 Å². The summed E-state index contributed by atoms with van der Waals surface area (Å²) in [5, 5.41) is 8.14. The Morgan fingerprint density at radius 2 is 1.92 bits per heavy atom. The lowest BCUT2D eigenvalue weighted by Gasteiger charge is -2.04. The number of allylic oxidation sites excluding steroid dienone is 1. The van der Waals surface area contributed by atoms with Crippen LogP contribution in [0, 0.1) is 5.41 Å². The van der Waals surface area contributed by atoms with E-state index in [0.29, 0.717) is 10.7 Å². The number of hydrogen-bond donors (Lipinski definition) is 2. The van der Waals surface area contributed by atoms with Crippen molar-refractivity contribution in [3.05, 3.63) is 41.1 Å². The summed E-state index contributed by atoms with van der Waals surface area (Å²) in [6.45, 7) is 1.70. The molecular formula is C10H11ClN2. The number of halogens is 1. The van der Waals surface area contributed by atoms with Crippen molar-refractivity contribution < 1.29 is 0 Å². The summed E-state index contributed by atoms with van der Waals surface area (Å²) in [4.78, 5) is 0. The van der Waals surface area contributed by atoms with E-state index in [4.69, 9.17) is 22.7 Å². The van der Waals surface area contributed by atoms with Gasteiger partial charge in [0.2, 0.25) is 0 Å². The van der Waals surface area contributed by atoms with E-state index in [1.165, 1.54) is 6.20 Å². The number of hydrogen-bond acceptors (Lipinski definition) is 2. The maximum Gasteiger partial charge on any atom is 0.0406 e. The Morgan fingerprint density at radius 3 is 2.31 bits per heavy atom. The maximum atomic E-state index is 7.46. The van der Waals surface area contributed by atoms with Gasteiger partial charge in [0.05, 0.1) is 0 Å². The van der Waals surface area contributed by atoms with Gasteiger partial charge in [0, 0.05) is 22.5 Å². The highest BCUT2D eigenvalue weighted by Gasteiger charge is 2.02. The molecule has 0 fully saturated rings. The first kappa shape index (κ1) is 9.81. The van der Waals surface area contributed by atoms with Crippen LogP contribution in [-0.2, 0) is 0 Å². The zero-order chi connectivity index (χ0) is 9.84. The monoisotopic (exact) mass is 194 g/mol. The molecule has 0 aliphatic carbocycles. The lowest BCUT2D eigenvalue weighted by atomic mass is 10.0. The van der Waals surface area contributed by atoms with Gasteiger partial charge in [0.1, 0.15) is 0 Å². The third-order valence-corrected chi connectivity index (χ3v) is 1.98. The molecule has 0 radical (unpaired) electrons. The molecule has 0 aliphatic heterocycles. The fourth-order valence-electron chi connectivity index (χ4n) is 1.07. The fourth-order valence-corrected chi connectivity index (χ4v) is 1.19. The Kier molecular flexibility index (Phi) is 3.09. The van der Waals surface area contributed by atoms with Crippen LogP contribution in [0.1, 0.15) is 12.5 Å². The molecule has 0 bridgehead atoms. The van der Waals surface area contributed by atoms with Crippen molar-refractivity contribution in [1.82, 2.24) is 0 Å². The summed E-state index contributed by atoms with van der Waals surface area (Å²) >= 11 is 5.73. The third kappa shape index (κ3) is 2.33. The van der Waals surface area contributed by atoms with Gasteiger partial charge >= 0.3 is 0 Å². The molecule has 0 saturated heterocycles. The summed E-state index contributed by atoms with van der Waals surface area (Å²) in [6, 6.07) is 7.25. The molecule has 0 spiro atoms. The van der Waals surface area contributed by atoms with Crippen molar-refractivity contribution in [3.8, 4) is 0 Å². The molecule has 0 amide bonds. The lowest BCUT2D eigenvalue weighted by molar-refractivity contribution is 1.47. The van der Waals surface area contributed by atoms with E-state index in [9.17, 15) is 0 Å². The topological polar surface area (TPSA) is 49.9 Å². The standard InChI is InChI=1S/C10H11ClN2/c1-7(13)10(6-12)8-2-4-9(11)5-3-8/h2-6,13H,12H2,1H3/b10-6+,13-7?. The number of nitrogens with two attached hydrogens (primary N) is 1. The molecule has 0 heterocycles. The predicted octanol–water partition coefficient (Wildman–Crippen LogP) is 2.68. The molecule has 1 rings (SSSR count). The molecule has 1 aromatic rings. The Bertz CT molecular complexity index is 338. The van der Waals surface area contributed by atoms with Crippen molar-refractivity contribution >= 4 is 22.9 Å². The van der Waals surface area contributed by atoms with Crippen LogP contribution in [0.4, 0.5) is 0 Å². The van der Waals surface area contributed by atoms with Crippen molar-refractivity contribution in [2.75, 3.05) is 0 Å². The molecule has 0 unspecified atom stereocenters. The average molecular weight is 195 g/mol. The van der Waals surface area contributed by atoms with Gasteiger partial charge in [0.25, 0.3) is 0 Å². The molecule has 1 aromatic carbocycles. The van der Waals surface area contributed by atoms with E-state index in [1.807, 2.05) is 12.1 Å². The van der Waals surface area contributed by atoms with Gasteiger partial charge in [-0.3, -0.25) is 0 Å². The number of benzene rings is 1. The average Bonchev–Trinajstić information content (AvgIpc) is 2.09. The summed E-state index contributed by atoms with van der Waals surface area (Å²) in [7, 11) is 0. The summed E-state index contributed by atoms with van der Waals surface area (Å²) in [6.07, 6.45) is 1.44. The molecule has 68 valence electrons. The van der Waals surface area contributed by atoms with Crippen LogP contribution in [0.5, 0.6) is 0 Å². The second kappa shape index (κ2) is 4.10. The van der Waals surface area contributed by atoms with Crippen LogP contribution < -0.4 is 5.73 Å². The molecule has 2 nitrogen and oxygen atoms in total. The highest BCUT2D eigenvalue weighted by Crippen LogP contribution is 2.17.